The lowest BCUT2D eigenvalue weighted by Crippen LogP contribution is -2.54. The van der Waals surface area contributed by atoms with Gasteiger partial charge in [-0.1, -0.05) is 12.1 Å². The summed E-state index contributed by atoms with van der Waals surface area (Å²) in [4.78, 5) is 52.1. The van der Waals surface area contributed by atoms with E-state index in [0.29, 0.717) is 5.70 Å². The number of aromatic hydroxyl groups is 2. The first-order chi connectivity index (χ1) is 21.7. The lowest BCUT2D eigenvalue weighted by molar-refractivity contribution is -0.249. The first kappa shape index (κ1) is 33.1. The Bertz CT molecular complexity index is 1650. The second-order valence-electron chi connectivity index (χ2n) is 11.8. The van der Waals surface area contributed by atoms with Crippen LogP contribution in [0.15, 0.2) is 30.0 Å². The van der Waals surface area contributed by atoms with Crippen LogP contribution in [0.25, 0.3) is 0 Å². The fraction of sp³-hybridized carbons (Fsp3) is 0.455. The number of phenols is 2. The molecule has 5 N–H and O–H groups in total. The number of esters is 1. The first-order valence-electron chi connectivity index (χ1n) is 14.9. The van der Waals surface area contributed by atoms with Crippen molar-refractivity contribution in [2.45, 2.75) is 83.2 Å². The highest BCUT2D eigenvalue weighted by Gasteiger charge is 2.49. The number of hydrogen-bond acceptors (Lipinski definition) is 13. The third-order valence-electron chi connectivity index (χ3n) is 8.79. The molecule has 13 nitrogen and oxygen atoms in total. The molecule has 2 aromatic rings. The maximum Gasteiger partial charge on any atom is 0.332 e. The van der Waals surface area contributed by atoms with Crippen LogP contribution in [-0.4, -0.2) is 87.6 Å². The third-order valence-corrected chi connectivity index (χ3v) is 8.79. The molecular weight excluding hydrogens is 602 g/mol. The molecule has 1 heterocycles. The Morgan fingerprint density at radius 3 is 2.46 bits per heavy atom. The van der Waals surface area contributed by atoms with E-state index in [1.54, 1.807) is 20.8 Å². The SMILES string of the molecule is CCOC(=O)C=C(C)NC1CC(OC2CC(O)(C(C)=O)Cc3c(O)c4c(c(O)c32)C(=O)c2c(OC)cccc2C4=O)OC(C)C1O. The number of ether oxygens (including phenoxy) is 4. The molecule has 0 amide bonds. The van der Waals surface area contributed by atoms with E-state index in [0.717, 1.165) is 0 Å². The van der Waals surface area contributed by atoms with Gasteiger partial charge in [0.2, 0.25) is 5.78 Å². The summed E-state index contributed by atoms with van der Waals surface area (Å²) < 4.78 is 22.4. The zero-order chi connectivity index (χ0) is 33.7. The summed E-state index contributed by atoms with van der Waals surface area (Å²) >= 11 is 0. The Hall–Kier alpha value is -4.30. The first-order valence-corrected chi connectivity index (χ1v) is 14.9. The van der Waals surface area contributed by atoms with Crippen LogP contribution in [0.3, 0.4) is 0 Å². The molecule has 6 unspecified atom stereocenters. The zero-order valence-corrected chi connectivity index (χ0v) is 26.1. The summed E-state index contributed by atoms with van der Waals surface area (Å²) in [5.41, 5.74) is -2.86. The number of rotatable bonds is 8. The van der Waals surface area contributed by atoms with Gasteiger partial charge in [-0.05, 0) is 33.8 Å². The molecular formula is C33H37NO12. The molecule has 3 aliphatic rings. The number of carbonyl (C=O) groups excluding carboxylic acids is 4. The molecule has 1 aliphatic heterocycles. The number of methoxy groups -OCH3 is 1. The second-order valence-corrected chi connectivity index (χ2v) is 11.8. The predicted octanol–water partition coefficient (Wildman–Crippen LogP) is 2.13. The van der Waals surface area contributed by atoms with Gasteiger partial charge < -0.3 is 44.7 Å². The molecule has 46 heavy (non-hydrogen) atoms. The van der Waals surface area contributed by atoms with Crippen molar-refractivity contribution in [3.05, 3.63) is 63.4 Å². The van der Waals surface area contributed by atoms with Crippen molar-refractivity contribution >= 4 is 23.3 Å². The fourth-order valence-corrected chi connectivity index (χ4v) is 6.46. The molecule has 1 fully saturated rings. The van der Waals surface area contributed by atoms with Crippen molar-refractivity contribution in [1.29, 1.82) is 0 Å². The molecule has 0 saturated carbocycles. The number of phenolic OH excluding ortho intramolecular Hbond substituents is 2. The number of aliphatic hydroxyl groups excluding tert-OH is 1. The maximum absolute atomic E-state index is 13.8. The van der Waals surface area contributed by atoms with Crippen LogP contribution in [0.5, 0.6) is 17.2 Å². The zero-order valence-electron chi connectivity index (χ0n) is 26.1. The summed E-state index contributed by atoms with van der Waals surface area (Å²) in [5, 5.41) is 48.5. The average molecular weight is 640 g/mol. The monoisotopic (exact) mass is 639 g/mol. The van der Waals surface area contributed by atoms with Gasteiger partial charge in [0, 0.05) is 47.7 Å². The highest BCUT2D eigenvalue weighted by atomic mass is 16.7. The summed E-state index contributed by atoms with van der Waals surface area (Å²) in [6, 6.07) is 3.73. The molecule has 0 radical (unpaired) electrons. The number of allylic oxidation sites excluding steroid dienone is 1. The minimum atomic E-state index is -2.06. The minimum Gasteiger partial charge on any atom is -0.507 e. The van der Waals surface area contributed by atoms with Crippen LogP contribution >= 0.6 is 0 Å². The molecule has 2 aromatic carbocycles. The predicted molar refractivity (Wildman–Crippen MR) is 160 cm³/mol. The molecule has 2 aliphatic carbocycles. The van der Waals surface area contributed by atoms with Crippen molar-refractivity contribution in [1.82, 2.24) is 5.32 Å². The van der Waals surface area contributed by atoms with Gasteiger partial charge in [-0.2, -0.15) is 0 Å². The number of carbonyl (C=O) groups is 4. The van der Waals surface area contributed by atoms with E-state index >= 15 is 0 Å². The van der Waals surface area contributed by atoms with E-state index in [4.69, 9.17) is 18.9 Å². The number of nitrogens with one attached hydrogen (secondary N) is 1. The summed E-state index contributed by atoms with van der Waals surface area (Å²) in [5.74, 6) is -3.91. The number of benzene rings is 2. The van der Waals surface area contributed by atoms with E-state index in [1.165, 1.54) is 38.3 Å². The Kier molecular flexibility index (Phi) is 8.97. The quantitative estimate of drug-likeness (QED) is 0.137. The van der Waals surface area contributed by atoms with Gasteiger partial charge in [-0.25, -0.2) is 4.79 Å². The fourth-order valence-electron chi connectivity index (χ4n) is 6.46. The number of Topliss-reactive ketones (excluding diaryl/α,β-unsaturated/α-hetero) is 1. The Morgan fingerprint density at radius 1 is 1.11 bits per heavy atom. The second kappa shape index (κ2) is 12.5. The topological polar surface area (TPSA) is 198 Å². The van der Waals surface area contributed by atoms with E-state index in [1.807, 2.05) is 0 Å². The van der Waals surface area contributed by atoms with Crippen LogP contribution in [0, 0.1) is 0 Å². The molecule has 6 atom stereocenters. The summed E-state index contributed by atoms with van der Waals surface area (Å²) in [6.45, 7) is 6.26. The van der Waals surface area contributed by atoms with Gasteiger partial charge >= 0.3 is 5.97 Å². The van der Waals surface area contributed by atoms with Gasteiger partial charge in [-0.3, -0.25) is 14.4 Å². The molecule has 5 rings (SSSR count). The van der Waals surface area contributed by atoms with E-state index in [9.17, 15) is 39.6 Å². The van der Waals surface area contributed by atoms with Crippen molar-refractivity contribution in [3.63, 3.8) is 0 Å². The number of hydrogen-bond donors (Lipinski definition) is 5. The molecule has 13 heteroatoms. The molecule has 0 spiro atoms. The van der Waals surface area contributed by atoms with Gasteiger partial charge in [0.1, 0.15) is 29.0 Å². The minimum absolute atomic E-state index is 0.0174. The lowest BCUT2D eigenvalue weighted by Gasteiger charge is -2.43. The number of ketones is 3. The van der Waals surface area contributed by atoms with Gasteiger partial charge in [0.05, 0.1) is 48.7 Å². The van der Waals surface area contributed by atoms with E-state index in [-0.39, 0.29) is 47.5 Å². The third kappa shape index (κ3) is 5.64. The van der Waals surface area contributed by atoms with Crippen molar-refractivity contribution in [3.8, 4) is 17.2 Å². The average Bonchev–Trinajstić information content (AvgIpc) is 2.99. The normalized spacial score (nSPS) is 27.3. The summed E-state index contributed by atoms with van der Waals surface area (Å²) in [6.07, 6.45) is -3.78. The smallest absolute Gasteiger partial charge is 0.332 e. The van der Waals surface area contributed by atoms with Gasteiger partial charge in [-0.15, -0.1) is 0 Å². The van der Waals surface area contributed by atoms with Crippen molar-refractivity contribution in [2.75, 3.05) is 13.7 Å². The number of fused-ring (bicyclic) bond motifs is 3. The van der Waals surface area contributed by atoms with E-state index in [2.05, 4.69) is 5.32 Å². The maximum atomic E-state index is 13.8. The Labute approximate surface area is 264 Å². The molecule has 0 aromatic heterocycles. The Morgan fingerprint density at radius 2 is 1.80 bits per heavy atom. The van der Waals surface area contributed by atoms with Crippen molar-refractivity contribution < 1.29 is 58.6 Å². The van der Waals surface area contributed by atoms with Crippen LogP contribution < -0.4 is 10.1 Å². The van der Waals surface area contributed by atoms with Gasteiger partial charge in [0.25, 0.3) is 0 Å². The van der Waals surface area contributed by atoms with Crippen molar-refractivity contribution in [2.24, 2.45) is 0 Å². The lowest BCUT2D eigenvalue weighted by atomic mass is 9.72. The van der Waals surface area contributed by atoms with Crippen LogP contribution in [0.1, 0.15) is 89.6 Å². The number of aliphatic hydroxyl groups is 2. The standard InChI is InChI=1S/C33H37NO12/c1-6-44-22(36)10-14(2)34-19-11-23(45-15(3)28(19)37)46-21-13-33(42,16(4)35)12-18-25(21)32(41)27-26(30(18)39)29(38)17-8-7-9-20(43-5)24(17)31(27)40/h7-10,15,19,21,23,28,34,37,39,41-42H,6,11-13H2,1-5H3. The molecule has 1 saturated heterocycles. The largest absolute Gasteiger partial charge is 0.507 e. The highest BCUT2D eigenvalue weighted by molar-refractivity contribution is 6.31. The van der Waals surface area contributed by atoms with Crippen LogP contribution in [-0.2, 0) is 30.2 Å². The van der Waals surface area contributed by atoms with Gasteiger partial charge in [0.15, 0.2) is 17.9 Å². The molecule has 0 bridgehead atoms. The summed E-state index contributed by atoms with van der Waals surface area (Å²) in [7, 11) is 1.33. The van der Waals surface area contributed by atoms with Crippen LogP contribution in [0.4, 0.5) is 0 Å². The Balaban J connectivity index is 1.56. The van der Waals surface area contributed by atoms with E-state index < -0.39 is 88.6 Å². The highest BCUT2D eigenvalue weighted by Crippen LogP contribution is 2.52. The van der Waals surface area contributed by atoms with Crippen LogP contribution in [0.2, 0.25) is 0 Å². The molecule has 246 valence electrons.